The maximum atomic E-state index is 14.3. The van der Waals surface area contributed by atoms with Gasteiger partial charge in [0.15, 0.2) is 0 Å². The Kier molecular flexibility index (Phi) is 8.16. The molecule has 4 rings (SSSR count). The molecule has 198 valence electrons. The molecular weight excluding hydrogens is 558 g/mol. The summed E-state index contributed by atoms with van der Waals surface area (Å²) in [4.78, 5) is 42.2. The standard InChI is InChI=1S/C28H27BrF2N4O3/c29-18-26(36)35-14-12-34(13-15-35)25-11-10-20(30)17-23(25)32-28(38)24(16-19-6-2-1-3-7-19)33-27(37)21-8-4-5-9-22(21)31/h1-11,17,24H,12-16,18H2,(H,32,38)(H,33,37)/i16D2. The zero-order chi connectivity index (χ0) is 28.9. The highest BCUT2D eigenvalue weighted by Gasteiger charge is 2.26. The Bertz CT molecular complexity index is 1390. The molecule has 1 aliphatic heterocycles. The third-order valence-electron chi connectivity index (χ3n) is 6.04. The van der Waals surface area contributed by atoms with Gasteiger partial charge in [-0.25, -0.2) is 8.78 Å². The van der Waals surface area contributed by atoms with Crippen molar-refractivity contribution < 1.29 is 25.9 Å². The molecule has 7 nitrogen and oxygen atoms in total. The average Bonchev–Trinajstić information content (AvgIpc) is 2.96. The lowest BCUT2D eigenvalue weighted by Gasteiger charge is -2.36. The van der Waals surface area contributed by atoms with Gasteiger partial charge in [-0.1, -0.05) is 58.4 Å². The number of carbonyl (C=O) groups excluding carboxylic acids is 3. The number of amides is 3. The zero-order valence-corrected chi connectivity index (χ0v) is 21.9. The SMILES string of the molecule is [2H]C([2H])(c1ccccc1)C(NC(=O)c1ccccc1F)C(=O)Nc1cc(F)ccc1N1CCN(C(=O)CBr)CC1. The number of anilines is 2. The number of nitrogens with zero attached hydrogens (tertiary/aromatic N) is 2. The summed E-state index contributed by atoms with van der Waals surface area (Å²) in [6.07, 6.45) is -2.43. The highest BCUT2D eigenvalue weighted by Crippen LogP contribution is 2.28. The molecule has 38 heavy (non-hydrogen) atoms. The molecule has 0 saturated carbocycles. The Labute approximate surface area is 230 Å². The van der Waals surface area contributed by atoms with Crippen LogP contribution in [-0.4, -0.2) is 60.2 Å². The van der Waals surface area contributed by atoms with Gasteiger partial charge in [-0.2, -0.15) is 0 Å². The zero-order valence-electron chi connectivity index (χ0n) is 22.3. The smallest absolute Gasteiger partial charge is 0.254 e. The quantitative estimate of drug-likeness (QED) is 0.391. The van der Waals surface area contributed by atoms with Crippen molar-refractivity contribution in [3.05, 3.63) is 95.6 Å². The van der Waals surface area contributed by atoms with Crippen LogP contribution < -0.4 is 15.5 Å². The van der Waals surface area contributed by atoms with Crippen LogP contribution in [-0.2, 0) is 16.0 Å². The van der Waals surface area contributed by atoms with E-state index < -0.39 is 35.9 Å². The second-order valence-electron chi connectivity index (χ2n) is 8.55. The van der Waals surface area contributed by atoms with Gasteiger partial charge >= 0.3 is 0 Å². The van der Waals surface area contributed by atoms with Crippen molar-refractivity contribution in [1.82, 2.24) is 10.2 Å². The van der Waals surface area contributed by atoms with E-state index >= 15 is 0 Å². The lowest BCUT2D eigenvalue weighted by atomic mass is 10.0. The van der Waals surface area contributed by atoms with Gasteiger partial charge in [0.05, 0.1) is 22.3 Å². The van der Waals surface area contributed by atoms with Crippen LogP contribution in [0.25, 0.3) is 0 Å². The average molecular weight is 587 g/mol. The van der Waals surface area contributed by atoms with E-state index in [4.69, 9.17) is 2.74 Å². The van der Waals surface area contributed by atoms with Crippen LogP contribution in [0.3, 0.4) is 0 Å². The predicted molar refractivity (Wildman–Crippen MR) is 145 cm³/mol. The van der Waals surface area contributed by atoms with E-state index in [0.29, 0.717) is 31.9 Å². The maximum Gasteiger partial charge on any atom is 0.254 e. The summed E-state index contributed by atoms with van der Waals surface area (Å²) in [6.45, 7) is 1.69. The van der Waals surface area contributed by atoms with Crippen LogP contribution in [0.5, 0.6) is 0 Å². The Hall–Kier alpha value is -3.79. The Morgan fingerprint density at radius 1 is 0.947 bits per heavy atom. The van der Waals surface area contributed by atoms with Crippen molar-refractivity contribution in [2.75, 3.05) is 41.7 Å². The van der Waals surface area contributed by atoms with Gasteiger partial charge < -0.3 is 20.4 Å². The third-order valence-corrected chi connectivity index (χ3v) is 6.52. The molecular formula is C28H27BrF2N4O3. The lowest BCUT2D eigenvalue weighted by molar-refractivity contribution is -0.128. The summed E-state index contributed by atoms with van der Waals surface area (Å²) < 4.78 is 46.2. The van der Waals surface area contributed by atoms with Gasteiger partial charge in [-0.05, 0) is 35.9 Å². The number of hydrogen-bond donors (Lipinski definition) is 2. The molecule has 2 N–H and O–H groups in total. The largest absolute Gasteiger partial charge is 0.366 e. The molecule has 1 atom stereocenters. The molecule has 0 radical (unpaired) electrons. The molecule has 1 saturated heterocycles. The van der Waals surface area contributed by atoms with E-state index in [-0.39, 0.29) is 28.1 Å². The Balaban J connectivity index is 1.63. The van der Waals surface area contributed by atoms with Crippen molar-refractivity contribution in [2.24, 2.45) is 0 Å². The van der Waals surface area contributed by atoms with Gasteiger partial charge in [0.2, 0.25) is 11.8 Å². The summed E-state index contributed by atoms with van der Waals surface area (Å²) in [5.74, 6) is -3.46. The topological polar surface area (TPSA) is 81.8 Å². The summed E-state index contributed by atoms with van der Waals surface area (Å²) in [7, 11) is 0. The molecule has 3 aromatic carbocycles. The van der Waals surface area contributed by atoms with E-state index in [1.165, 1.54) is 42.5 Å². The molecule has 3 amide bonds. The summed E-state index contributed by atoms with van der Waals surface area (Å²) >= 11 is 3.16. The molecule has 0 spiro atoms. The van der Waals surface area contributed by atoms with Gasteiger partial charge in [0.25, 0.3) is 5.91 Å². The second kappa shape index (κ2) is 12.6. The van der Waals surface area contributed by atoms with Gasteiger partial charge in [0.1, 0.15) is 17.7 Å². The highest BCUT2D eigenvalue weighted by atomic mass is 79.9. The minimum atomic E-state index is -2.43. The van der Waals surface area contributed by atoms with Crippen molar-refractivity contribution in [3.8, 4) is 0 Å². The van der Waals surface area contributed by atoms with Crippen LogP contribution in [0.2, 0.25) is 0 Å². The molecule has 1 unspecified atom stereocenters. The predicted octanol–water partition coefficient (Wildman–Crippen LogP) is 3.99. The number of rotatable bonds is 8. The van der Waals surface area contributed by atoms with Crippen LogP contribution in [0.4, 0.5) is 20.2 Å². The monoisotopic (exact) mass is 586 g/mol. The summed E-state index contributed by atoms with van der Waals surface area (Å²) in [6, 6.07) is 15.0. The molecule has 10 heteroatoms. The van der Waals surface area contributed by atoms with Crippen molar-refractivity contribution in [2.45, 2.75) is 12.4 Å². The van der Waals surface area contributed by atoms with Crippen molar-refractivity contribution in [3.63, 3.8) is 0 Å². The third kappa shape index (κ3) is 6.74. The molecule has 0 bridgehead atoms. The van der Waals surface area contributed by atoms with E-state index in [9.17, 15) is 23.2 Å². The first kappa shape index (κ1) is 24.5. The number of carbonyl (C=O) groups is 3. The first-order valence-corrected chi connectivity index (χ1v) is 13.0. The molecule has 0 aliphatic carbocycles. The van der Waals surface area contributed by atoms with Gasteiger partial charge in [-0.15, -0.1) is 0 Å². The van der Waals surface area contributed by atoms with Gasteiger partial charge in [-0.3, -0.25) is 14.4 Å². The molecule has 1 aliphatic rings. The molecule has 1 heterocycles. The number of piperazine rings is 1. The Morgan fingerprint density at radius 2 is 1.63 bits per heavy atom. The molecule has 1 fully saturated rings. The van der Waals surface area contributed by atoms with Gasteiger partial charge in [0, 0.05) is 35.3 Å². The van der Waals surface area contributed by atoms with Crippen LogP contribution in [0, 0.1) is 11.6 Å². The minimum Gasteiger partial charge on any atom is -0.366 e. The maximum absolute atomic E-state index is 14.3. The normalized spacial score (nSPS) is 15.2. The summed E-state index contributed by atoms with van der Waals surface area (Å²) in [5.41, 5.74) is 0.293. The number of benzene rings is 3. The van der Waals surface area contributed by atoms with E-state index in [2.05, 4.69) is 26.6 Å². The number of alkyl halides is 1. The van der Waals surface area contributed by atoms with E-state index in [1.807, 2.05) is 4.90 Å². The highest BCUT2D eigenvalue weighted by molar-refractivity contribution is 9.09. The Morgan fingerprint density at radius 3 is 2.32 bits per heavy atom. The van der Waals surface area contributed by atoms with Crippen molar-refractivity contribution in [1.29, 1.82) is 0 Å². The lowest BCUT2D eigenvalue weighted by Crippen LogP contribution is -2.49. The fourth-order valence-corrected chi connectivity index (χ4v) is 4.45. The van der Waals surface area contributed by atoms with E-state index in [1.54, 1.807) is 23.1 Å². The molecule has 0 aromatic heterocycles. The first-order chi connectivity index (χ1) is 19.1. The van der Waals surface area contributed by atoms with E-state index in [0.717, 1.165) is 12.1 Å². The van der Waals surface area contributed by atoms with Crippen LogP contribution in [0.15, 0.2) is 72.8 Å². The summed E-state index contributed by atoms with van der Waals surface area (Å²) in [5, 5.41) is 5.14. The fourth-order valence-electron chi connectivity index (χ4n) is 4.09. The fraction of sp³-hybridized carbons (Fsp3) is 0.250. The number of hydrogen-bond acceptors (Lipinski definition) is 4. The number of halogens is 3. The first-order valence-electron chi connectivity index (χ1n) is 12.9. The van der Waals surface area contributed by atoms with Crippen LogP contribution >= 0.6 is 15.9 Å². The second-order valence-corrected chi connectivity index (χ2v) is 9.11. The van der Waals surface area contributed by atoms with Crippen LogP contribution in [0.1, 0.15) is 18.7 Å². The van der Waals surface area contributed by atoms with Crippen molar-refractivity contribution >= 4 is 45.0 Å². The number of nitrogens with one attached hydrogen (secondary N) is 2. The minimum absolute atomic E-state index is 0.0520. The molecule has 3 aromatic rings.